The molecule has 0 aliphatic carbocycles. The maximum atomic E-state index is 4.49. The fourth-order valence-corrected chi connectivity index (χ4v) is 3.58. The monoisotopic (exact) mass is 348 g/mol. The lowest BCUT2D eigenvalue weighted by Crippen LogP contribution is -2.34. The average molecular weight is 348 g/mol. The van der Waals surface area contributed by atoms with Crippen molar-refractivity contribution in [3.8, 4) is 0 Å². The molecule has 0 aromatic carbocycles. The van der Waals surface area contributed by atoms with Crippen LogP contribution in [0.3, 0.4) is 0 Å². The zero-order valence-electron chi connectivity index (χ0n) is 15.0. The van der Waals surface area contributed by atoms with Gasteiger partial charge < -0.3 is 10.3 Å². The van der Waals surface area contributed by atoms with Gasteiger partial charge in [0.1, 0.15) is 17.5 Å². The van der Waals surface area contributed by atoms with Gasteiger partial charge in [0.15, 0.2) is 0 Å². The molecule has 4 heterocycles. The molecule has 6 heteroatoms. The molecule has 0 amide bonds. The molecule has 1 aliphatic heterocycles. The molecular formula is C20H24N6. The fourth-order valence-electron chi connectivity index (χ4n) is 3.58. The summed E-state index contributed by atoms with van der Waals surface area (Å²) in [4.78, 5) is 19.0. The second-order valence-electron chi connectivity index (χ2n) is 6.87. The number of hydrogen-bond donors (Lipinski definition) is 2. The average Bonchev–Trinajstić information content (AvgIpc) is 3.15. The predicted molar refractivity (Wildman–Crippen MR) is 102 cm³/mol. The van der Waals surface area contributed by atoms with Gasteiger partial charge in [-0.2, -0.15) is 0 Å². The van der Waals surface area contributed by atoms with E-state index in [2.05, 4.69) is 42.3 Å². The highest BCUT2D eigenvalue weighted by molar-refractivity contribution is 5.52. The Kier molecular flexibility index (Phi) is 4.93. The number of rotatable bonds is 5. The molecule has 26 heavy (non-hydrogen) atoms. The number of anilines is 2. The first-order valence-electron chi connectivity index (χ1n) is 9.13. The minimum absolute atomic E-state index is 0.521. The topological polar surface area (TPSA) is 69.7 Å². The molecular weight excluding hydrogens is 324 g/mol. The normalized spacial score (nSPS) is 18.0. The summed E-state index contributed by atoms with van der Waals surface area (Å²) in [6.07, 6.45) is 8.00. The van der Waals surface area contributed by atoms with Crippen LogP contribution in [0, 0.1) is 6.92 Å². The third kappa shape index (κ3) is 4.08. The van der Waals surface area contributed by atoms with E-state index in [9.17, 15) is 0 Å². The first-order chi connectivity index (χ1) is 12.8. The van der Waals surface area contributed by atoms with Gasteiger partial charge in [0.25, 0.3) is 0 Å². The molecule has 3 aromatic rings. The molecule has 6 nitrogen and oxygen atoms in total. The first kappa shape index (κ1) is 16.7. The van der Waals surface area contributed by atoms with Crippen molar-refractivity contribution in [1.29, 1.82) is 0 Å². The zero-order valence-corrected chi connectivity index (χ0v) is 15.0. The van der Waals surface area contributed by atoms with E-state index in [0.717, 1.165) is 42.8 Å². The van der Waals surface area contributed by atoms with E-state index in [1.54, 1.807) is 0 Å². The standard InChI is InChI=1S/C20H24N6/c1-15-4-2-6-18(24-15)25-19-12-16(7-8-21-19)17-5-3-11-26(13-17)14-20-22-9-10-23-20/h2,4,6-10,12,17H,3,5,11,13-14H2,1H3,(H,22,23)(H,21,24,25)/t17-/m1/s1. The van der Waals surface area contributed by atoms with Crippen LogP contribution in [0.5, 0.6) is 0 Å². The summed E-state index contributed by atoms with van der Waals surface area (Å²) in [7, 11) is 0. The maximum Gasteiger partial charge on any atom is 0.131 e. The number of H-pyrrole nitrogens is 1. The highest BCUT2D eigenvalue weighted by Gasteiger charge is 2.22. The molecule has 2 N–H and O–H groups in total. The molecule has 0 spiro atoms. The van der Waals surface area contributed by atoms with Crippen molar-refractivity contribution >= 4 is 11.6 Å². The lowest BCUT2D eigenvalue weighted by molar-refractivity contribution is 0.196. The Balaban J connectivity index is 1.45. The van der Waals surface area contributed by atoms with Crippen LogP contribution in [0.15, 0.2) is 48.9 Å². The summed E-state index contributed by atoms with van der Waals surface area (Å²) in [6.45, 7) is 5.05. The number of likely N-dealkylation sites (tertiary alicyclic amines) is 1. The number of aromatic amines is 1. The van der Waals surface area contributed by atoms with Crippen LogP contribution in [-0.4, -0.2) is 37.9 Å². The molecule has 0 unspecified atom stereocenters. The molecule has 0 bridgehead atoms. The van der Waals surface area contributed by atoms with E-state index in [0.29, 0.717) is 5.92 Å². The highest BCUT2D eigenvalue weighted by atomic mass is 15.2. The quantitative estimate of drug-likeness (QED) is 0.737. The molecule has 1 aliphatic rings. The van der Waals surface area contributed by atoms with Crippen LogP contribution in [0.25, 0.3) is 0 Å². The minimum atomic E-state index is 0.521. The van der Waals surface area contributed by atoms with Crippen LogP contribution in [0.4, 0.5) is 11.6 Å². The number of aromatic nitrogens is 4. The van der Waals surface area contributed by atoms with Gasteiger partial charge in [-0.15, -0.1) is 0 Å². The van der Waals surface area contributed by atoms with Crippen molar-refractivity contribution in [1.82, 2.24) is 24.8 Å². The van der Waals surface area contributed by atoms with Crippen LogP contribution < -0.4 is 5.32 Å². The van der Waals surface area contributed by atoms with Crippen LogP contribution in [-0.2, 0) is 6.54 Å². The van der Waals surface area contributed by atoms with E-state index < -0.39 is 0 Å². The van der Waals surface area contributed by atoms with E-state index in [4.69, 9.17) is 0 Å². The van der Waals surface area contributed by atoms with Gasteiger partial charge in [-0.05, 0) is 62.1 Å². The number of aryl methyl sites for hydroxylation is 1. The Morgan fingerprint density at radius 1 is 1.19 bits per heavy atom. The smallest absolute Gasteiger partial charge is 0.131 e. The summed E-state index contributed by atoms with van der Waals surface area (Å²) in [5, 5.41) is 3.32. The van der Waals surface area contributed by atoms with Gasteiger partial charge in [0.05, 0.1) is 6.54 Å². The van der Waals surface area contributed by atoms with Crippen LogP contribution in [0.1, 0.15) is 35.8 Å². The molecule has 1 atom stereocenters. The SMILES string of the molecule is Cc1cccc(Nc2cc([C@@H]3CCCN(Cc4ncc[nH]4)C3)ccn2)n1. The Morgan fingerprint density at radius 2 is 2.15 bits per heavy atom. The van der Waals surface area contributed by atoms with Gasteiger partial charge in [0.2, 0.25) is 0 Å². The Hall–Kier alpha value is -2.73. The second-order valence-corrected chi connectivity index (χ2v) is 6.87. The number of pyridine rings is 2. The van der Waals surface area contributed by atoms with Crippen molar-refractivity contribution in [3.05, 3.63) is 66.0 Å². The van der Waals surface area contributed by atoms with Gasteiger partial charge in [-0.25, -0.2) is 15.0 Å². The second kappa shape index (κ2) is 7.66. The Labute approximate surface area is 153 Å². The third-order valence-electron chi connectivity index (χ3n) is 4.83. The van der Waals surface area contributed by atoms with E-state index in [1.165, 1.54) is 18.4 Å². The maximum absolute atomic E-state index is 4.49. The summed E-state index contributed by atoms with van der Waals surface area (Å²) in [5.74, 6) is 3.24. The molecule has 1 saturated heterocycles. The zero-order chi connectivity index (χ0) is 17.8. The Bertz CT molecular complexity index is 845. The van der Waals surface area contributed by atoms with Crippen LogP contribution >= 0.6 is 0 Å². The van der Waals surface area contributed by atoms with Crippen molar-refractivity contribution in [3.63, 3.8) is 0 Å². The molecule has 0 saturated carbocycles. The van der Waals surface area contributed by atoms with Crippen molar-refractivity contribution in [2.75, 3.05) is 18.4 Å². The third-order valence-corrected chi connectivity index (χ3v) is 4.83. The molecule has 0 radical (unpaired) electrons. The van der Waals surface area contributed by atoms with Crippen molar-refractivity contribution in [2.45, 2.75) is 32.2 Å². The number of nitrogens with zero attached hydrogens (tertiary/aromatic N) is 4. The summed E-state index contributed by atoms with van der Waals surface area (Å²) < 4.78 is 0. The predicted octanol–water partition coefficient (Wildman–Crippen LogP) is 3.63. The number of piperidine rings is 1. The fraction of sp³-hybridized carbons (Fsp3) is 0.350. The van der Waals surface area contributed by atoms with E-state index in [1.807, 2.05) is 43.7 Å². The summed E-state index contributed by atoms with van der Waals surface area (Å²) in [5.41, 5.74) is 2.33. The minimum Gasteiger partial charge on any atom is -0.348 e. The molecule has 4 rings (SSSR count). The summed E-state index contributed by atoms with van der Waals surface area (Å²) >= 11 is 0. The van der Waals surface area contributed by atoms with Crippen LogP contribution in [0.2, 0.25) is 0 Å². The Morgan fingerprint density at radius 3 is 3.00 bits per heavy atom. The van der Waals surface area contributed by atoms with Gasteiger partial charge in [-0.1, -0.05) is 6.07 Å². The van der Waals surface area contributed by atoms with Crippen molar-refractivity contribution < 1.29 is 0 Å². The molecule has 3 aromatic heterocycles. The van der Waals surface area contributed by atoms with E-state index >= 15 is 0 Å². The lowest BCUT2D eigenvalue weighted by Gasteiger charge is -2.32. The number of hydrogen-bond acceptors (Lipinski definition) is 5. The molecule has 1 fully saturated rings. The van der Waals surface area contributed by atoms with Gasteiger partial charge in [0, 0.05) is 30.8 Å². The molecule has 134 valence electrons. The largest absolute Gasteiger partial charge is 0.348 e. The van der Waals surface area contributed by atoms with E-state index in [-0.39, 0.29) is 0 Å². The number of imidazole rings is 1. The lowest BCUT2D eigenvalue weighted by atomic mass is 9.91. The van der Waals surface area contributed by atoms with Gasteiger partial charge >= 0.3 is 0 Å². The van der Waals surface area contributed by atoms with Gasteiger partial charge in [-0.3, -0.25) is 4.90 Å². The summed E-state index contributed by atoms with van der Waals surface area (Å²) in [6, 6.07) is 10.3. The van der Waals surface area contributed by atoms with Crippen molar-refractivity contribution in [2.24, 2.45) is 0 Å². The number of nitrogens with one attached hydrogen (secondary N) is 2. The first-order valence-corrected chi connectivity index (χ1v) is 9.13. The highest BCUT2D eigenvalue weighted by Crippen LogP contribution is 2.28.